The monoisotopic (exact) mass is 168 g/mol. The summed E-state index contributed by atoms with van der Waals surface area (Å²) in [7, 11) is 0. The van der Waals surface area contributed by atoms with Crippen LogP contribution in [0.4, 0.5) is 0 Å². The van der Waals surface area contributed by atoms with Crippen molar-refractivity contribution in [3.8, 4) is 0 Å². The average Bonchev–Trinajstić information content (AvgIpc) is 2.04. The van der Waals surface area contributed by atoms with Crippen molar-refractivity contribution >= 4 is 5.97 Å². The highest BCUT2D eigenvalue weighted by Gasteiger charge is 2.24. The molecule has 1 N–H and O–H groups in total. The molecule has 0 aromatic rings. The number of carboxylic acids is 1. The Morgan fingerprint density at radius 3 is 2.83 bits per heavy atom. The molecule has 0 unspecified atom stereocenters. The zero-order valence-corrected chi connectivity index (χ0v) is 7.71. The van der Waals surface area contributed by atoms with E-state index in [1.54, 1.807) is 0 Å². The molecule has 68 valence electrons. The molecule has 0 aromatic carbocycles. The van der Waals surface area contributed by atoms with Gasteiger partial charge in [0, 0.05) is 0 Å². The maximum absolute atomic E-state index is 10.7. The standard InChI is InChI=1S/C10H16O2/c1-7-3-5-9(6-4-7)8(2)10(11)12/h3,8-9H,4-6H2,1-2H3,(H,11,12)/t8-,9+/m0/s1. The molecular formula is C10H16O2. The van der Waals surface area contributed by atoms with E-state index in [2.05, 4.69) is 13.0 Å². The second-order valence-electron chi connectivity index (χ2n) is 3.71. The first kappa shape index (κ1) is 9.30. The summed E-state index contributed by atoms with van der Waals surface area (Å²) in [5, 5.41) is 8.78. The molecule has 12 heavy (non-hydrogen) atoms. The maximum atomic E-state index is 10.7. The van der Waals surface area contributed by atoms with Crippen LogP contribution in [-0.2, 0) is 4.79 Å². The van der Waals surface area contributed by atoms with E-state index < -0.39 is 5.97 Å². The van der Waals surface area contributed by atoms with Crippen molar-refractivity contribution in [3.63, 3.8) is 0 Å². The number of hydrogen-bond donors (Lipinski definition) is 1. The summed E-state index contributed by atoms with van der Waals surface area (Å²) in [6.45, 7) is 3.92. The molecule has 0 saturated carbocycles. The molecule has 2 atom stereocenters. The Bertz CT molecular complexity index is 206. The highest BCUT2D eigenvalue weighted by atomic mass is 16.4. The largest absolute Gasteiger partial charge is 0.481 e. The van der Waals surface area contributed by atoms with E-state index in [1.165, 1.54) is 5.57 Å². The second kappa shape index (κ2) is 3.74. The molecule has 0 spiro atoms. The van der Waals surface area contributed by atoms with Gasteiger partial charge >= 0.3 is 5.97 Å². The van der Waals surface area contributed by atoms with Crippen LogP contribution in [0.1, 0.15) is 33.1 Å². The SMILES string of the molecule is CC1=CC[C@@H]([C@H](C)C(=O)O)CC1. The minimum Gasteiger partial charge on any atom is -0.481 e. The van der Waals surface area contributed by atoms with Crippen LogP contribution >= 0.6 is 0 Å². The first-order chi connectivity index (χ1) is 5.61. The Morgan fingerprint density at radius 2 is 2.42 bits per heavy atom. The first-order valence-corrected chi connectivity index (χ1v) is 4.49. The van der Waals surface area contributed by atoms with Crippen LogP contribution in [0.25, 0.3) is 0 Å². The lowest BCUT2D eigenvalue weighted by atomic mass is 9.82. The first-order valence-electron chi connectivity index (χ1n) is 4.49. The smallest absolute Gasteiger partial charge is 0.306 e. The normalized spacial score (nSPS) is 26.2. The zero-order valence-electron chi connectivity index (χ0n) is 7.71. The van der Waals surface area contributed by atoms with E-state index >= 15 is 0 Å². The van der Waals surface area contributed by atoms with E-state index in [9.17, 15) is 4.79 Å². The molecule has 2 nitrogen and oxygen atoms in total. The van der Waals surface area contributed by atoms with E-state index in [0.717, 1.165) is 19.3 Å². The van der Waals surface area contributed by atoms with Crippen molar-refractivity contribution in [3.05, 3.63) is 11.6 Å². The molecule has 0 aromatic heterocycles. The lowest BCUT2D eigenvalue weighted by molar-refractivity contribution is -0.143. The fourth-order valence-corrected chi connectivity index (χ4v) is 1.64. The average molecular weight is 168 g/mol. The highest BCUT2D eigenvalue weighted by molar-refractivity contribution is 5.69. The highest BCUT2D eigenvalue weighted by Crippen LogP contribution is 2.28. The van der Waals surface area contributed by atoms with Crippen LogP contribution in [-0.4, -0.2) is 11.1 Å². The third-order valence-corrected chi connectivity index (χ3v) is 2.78. The van der Waals surface area contributed by atoms with Crippen molar-refractivity contribution < 1.29 is 9.90 Å². The molecule has 0 heterocycles. The summed E-state index contributed by atoms with van der Waals surface area (Å²) in [4.78, 5) is 10.7. The van der Waals surface area contributed by atoms with Crippen LogP contribution < -0.4 is 0 Å². The van der Waals surface area contributed by atoms with Gasteiger partial charge in [-0.1, -0.05) is 18.6 Å². The molecule has 0 amide bonds. The molecule has 1 rings (SSSR count). The van der Waals surface area contributed by atoms with Gasteiger partial charge in [0.2, 0.25) is 0 Å². The lowest BCUT2D eigenvalue weighted by Gasteiger charge is -2.23. The second-order valence-corrected chi connectivity index (χ2v) is 3.71. The molecule has 0 radical (unpaired) electrons. The van der Waals surface area contributed by atoms with Crippen molar-refractivity contribution in [2.24, 2.45) is 11.8 Å². The molecule has 0 saturated heterocycles. The molecule has 0 aliphatic heterocycles. The van der Waals surface area contributed by atoms with Gasteiger partial charge in [-0.15, -0.1) is 0 Å². The van der Waals surface area contributed by atoms with Gasteiger partial charge in [0.1, 0.15) is 0 Å². The van der Waals surface area contributed by atoms with Gasteiger partial charge in [-0.25, -0.2) is 0 Å². The van der Waals surface area contributed by atoms with Crippen molar-refractivity contribution in [2.45, 2.75) is 33.1 Å². The number of rotatable bonds is 2. The Morgan fingerprint density at radius 1 is 1.75 bits per heavy atom. The van der Waals surface area contributed by atoms with Crippen LogP contribution in [0.5, 0.6) is 0 Å². The summed E-state index contributed by atoms with van der Waals surface area (Å²) in [5.74, 6) is -0.492. The van der Waals surface area contributed by atoms with Crippen molar-refractivity contribution in [1.82, 2.24) is 0 Å². The fourth-order valence-electron chi connectivity index (χ4n) is 1.64. The van der Waals surface area contributed by atoms with Gasteiger partial charge in [-0.2, -0.15) is 0 Å². The number of carboxylic acid groups (broad SMARTS) is 1. The molecule has 1 aliphatic carbocycles. The zero-order chi connectivity index (χ0) is 9.14. The van der Waals surface area contributed by atoms with Gasteiger partial charge in [0.05, 0.1) is 5.92 Å². The number of carbonyl (C=O) groups is 1. The molecular weight excluding hydrogens is 152 g/mol. The predicted molar refractivity (Wildman–Crippen MR) is 47.9 cm³/mol. The minimum absolute atomic E-state index is 0.186. The molecule has 2 heteroatoms. The van der Waals surface area contributed by atoms with Crippen LogP contribution in [0.2, 0.25) is 0 Å². The number of allylic oxidation sites excluding steroid dienone is 2. The minimum atomic E-state index is -0.659. The van der Waals surface area contributed by atoms with Crippen LogP contribution in [0.15, 0.2) is 11.6 Å². The van der Waals surface area contributed by atoms with Gasteiger partial charge in [0.15, 0.2) is 0 Å². The summed E-state index contributed by atoms with van der Waals surface area (Å²) in [5.41, 5.74) is 1.41. The van der Waals surface area contributed by atoms with Crippen molar-refractivity contribution in [2.75, 3.05) is 0 Å². The topological polar surface area (TPSA) is 37.3 Å². The summed E-state index contributed by atoms with van der Waals surface area (Å²) in [6.07, 6.45) is 5.23. The third-order valence-electron chi connectivity index (χ3n) is 2.78. The van der Waals surface area contributed by atoms with E-state index in [0.29, 0.717) is 5.92 Å². The Balaban J connectivity index is 2.51. The summed E-state index contributed by atoms with van der Waals surface area (Å²) < 4.78 is 0. The quantitative estimate of drug-likeness (QED) is 0.643. The lowest BCUT2D eigenvalue weighted by Crippen LogP contribution is -2.21. The summed E-state index contributed by atoms with van der Waals surface area (Å²) in [6, 6.07) is 0. The van der Waals surface area contributed by atoms with Crippen LogP contribution in [0.3, 0.4) is 0 Å². The molecule has 0 bridgehead atoms. The number of aliphatic carboxylic acids is 1. The van der Waals surface area contributed by atoms with Gasteiger partial charge < -0.3 is 5.11 Å². The fraction of sp³-hybridized carbons (Fsp3) is 0.700. The van der Waals surface area contributed by atoms with Crippen molar-refractivity contribution in [1.29, 1.82) is 0 Å². The maximum Gasteiger partial charge on any atom is 0.306 e. The van der Waals surface area contributed by atoms with E-state index in [-0.39, 0.29) is 5.92 Å². The third kappa shape index (κ3) is 2.10. The van der Waals surface area contributed by atoms with E-state index in [1.807, 2.05) is 6.92 Å². The molecule has 1 aliphatic rings. The molecule has 0 fully saturated rings. The predicted octanol–water partition coefficient (Wildman–Crippen LogP) is 2.45. The van der Waals surface area contributed by atoms with Crippen LogP contribution in [0, 0.1) is 11.8 Å². The van der Waals surface area contributed by atoms with Gasteiger partial charge in [-0.05, 0) is 32.1 Å². The Hall–Kier alpha value is -0.790. The summed E-state index contributed by atoms with van der Waals surface area (Å²) >= 11 is 0. The van der Waals surface area contributed by atoms with Gasteiger partial charge in [-0.3, -0.25) is 4.79 Å². The number of hydrogen-bond acceptors (Lipinski definition) is 1. The van der Waals surface area contributed by atoms with Gasteiger partial charge in [0.25, 0.3) is 0 Å². The van der Waals surface area contributed by atoms with E-state index in [4.69, 9.17) is 5.11 Å². The Kier molecular flexibility index (Phi) is 2.90. The Labute approximate surface area is 73.3 Å².